The molecular formula is C14H17N5O. The lowest BCUT2D eigenvalue weighted by Crippen LogP contribution is -2.57. The Kier molecular flexibility index (Phi) is 2.70. The van der Waals surface area contributed by atoms with Gasteiger partial charge in [0.15, 0.2) is 0 Å². The fourth-order valence-corrected chi connectivity index (χ4v) is 3.31. The standard InChI is InChI=1S/C14H17N5O/c20-14(13-8-19-9-15-5-11(19)6-16-13)17-12-7-18-3-1-10(12)2-4-18/h5-6,8-10,12H,1-4,7H2,(H,17,20). The second kappa shape index (κ2) is 4.56. The summed E-state index contributed by atoms with van der Waals surface area (Å²) in [5.74, 6) is 0.542. The zero-order valence-electron chi connectivity index (χ0n) is 11.2. The molecule has 0 radical (unpaired) electrons. The molecule has 3 saturated heterocycles. The molecule has 3 aliphatic rings. The van der Waals surface area contributed by atoms with Gasteiger partial charge in [-0.15, -0.1) is 0 Å². The van der Waals surface area contributed by atoms with Crippen LogP contribution in [-0.4, -0.2) is 50.9 Å². The molecular weight excluding hydrogens is 254 g/mol. The molecule has 3 aliphatic heterocycles. The molecule has 104 valence electrons. The lowest BCUT2D eigenvalue weighted by atomic mass is 9.84. The highest BCUT2D eigenvalue weighted by molar-refractivity contribution is 5.92. The fraction of sp³-hybridized carbons (Fsp3) is 0.500. The predicted octanol–water partition coefficient (Wildman–Crippen LogP) is 0.553. The van der Waals surface area contributed by atoms with Gasteiger partial charge in [0, 0.05) is 18.8 Å². The number of amides is 1. The summed E-state index contributed by atoms with van der Waals surface area (Å²) in [6, 6.07) is 0.269. The first-order valence-corrected chi connectivity index (χ1v) is 7.10. The highest BCUT2D eigenvalue weighted by Gasteiger charge is 2.35. The van der Waals surface area contributed by atoms with Crippen molar-refractivity contribution in [1.29, 1.82) is 0 Å². The molecule has 5 heterocycles. The van der Waals surface area contributed by atoms with Crippen molar-refractivity contribution in [3.8, 4) is 0 Å². The molecule has 1 N–H and O–H groups in total. The van der Waals surface area contributed by atoms with E-state index in [-0.39, 0.29) is 11.9 Å². The molecule has 0 saturated carbocycles. The van der Waals surface area contributed by atoms with E-state index in [0.717, 1.165) is 12.1 Å². The lowest BCUT2D eigenvalue weighted by molar-refractivity contribution is 0.0617. The van der Waals surface area contributed by atoms with Crippen molar-refractivity contribution in [3.05, 3.63) is 30.6 Å². The Morgan fingerprint density at radius 3 is 2.90 bits per heavy atom. The quantitative estimate of drug-likeness (QED) is 0.866. The average molecular weight is 271 g/mol. The molecule has 0 aliphatic carbocycles. The maximum atomic E-state index is 12.3. The van der Waals surface area contributed by atoms with E-state index in [1.54, 1.807) is 24.9 Å². The van der Waals surface area contributed by atoms with Gasteiger partial charge in [-0.3, -0.25) is 4.79 Å². The van der Waals surface area contributed by atoms with Crippen LogP contribution in [0.2, 0.25) is 0 Å². The van der Waals surface area contributed by atoms with Crippen LogP contribution in [0.15, 0.2) is 24.9 Å². The van der Waals surface area contributed by atoms with E-state index in [9.17, 15) is 4.79 Å². The number of carbonyl (C=O) groups is 1. The lowest BCUT2D eigenvalue weighted by Gasteiger charge is -2.44. The number of aromatic nitrogens is 3. The van der Waals surface area contributed by atoms with Gasteiger partial charge >= 0.3 is 0 Å². The first-order valence-electron chi connectivity index (χ1n) is 7.10. The van der Waals surface area contributed by atoms with E-state index in [2.05, 4.69) is 20.2 Å². The largest absolute Gasteiger partial charge is 0.346 e. The monoisotopic (exact) mass is 271 g/mol. The predicted molar refractivity (Wildman–Crippen MR) is 73.4 cm³/mol. The number of rotatable bonds is 2. The molecule has 6 nitrogen and oxygen atoms in total. The summed E-state index contributed by atoms with van der Waals surface area (Å²) in [6.07, 6.45) is 9.21. The first-order chi connectivity index (χ1) is 9.79. The third-order valence-corrected chi connectivity index (χ3v) is 4.50. The van der Waals surface area contributed by atoms with Gasteiger partial charge in [0.2, 0.25) is 0 Å². The molecule has 2 aromatic heterocycles. The van der Waals surface area contributed by atoms with Crippen LogP contribution < -0.4 is 5.32 Å². The first kappa shape index (κ1) is 11.8. The van der Waals surface area contributed by atoms with E-state index in [1.165, 1.54) is 25.9 Å². The van der Waals surface area contributed by atoms with Crippen molar-refractivity contribution < 1.29 is 4.79 Å². The third kappa shape index (κ3) is 1.96. The summed E-state index contributed by atoms with van der Waals surface area (Å²) < 4.78 is 1.82. The summed E-state index contributed by atoms with van der Waals surface area (Å²) in [4.78, 5) is 23.0. The molecule has 1 atom stereocenters. The van der Waals surface area contributed by atoms with E-state index in [1.807, 2.05) is 4.40 Å². The van der Waals surface area contributed by atoms with Crippen LogP contribution in [0.5, 0.6) is 0 Å². The number of fused-ring (bicyclic) bond motifs is 4. The smallest absolute Gasteiger partial charge is 0.271 e. The summed E-state index contributed by atoms with van der Waals surface area (Å²) in [6.45, 7) is 3.33. The topological polar surface area (TPSA) is 62.5 Å². The van der Waals surface area contributed by atoms with Crippen LogP contribution in [0.3, 0.4) is 0 Å². The van der Waals surface area contributed by atoms with Crippen molar-refractivity contribution in [3.63, 3.8) is 0 Å². The van der Waals surface area contributed by atoms with Gasteiger partial charge in [0.05, 0.1) is 24.2 Å². The molecule has 1 unspecified atom stereocenters. The normalized spacial score (nSPS) is 28.7. The zero-order valence-corrected chi connectivity index (χ0v) is 11.2. The number of imidazole rings is 1. The molecule has 2 aromatic rings. The van der Waals surface area contributed by atoms with Crippen LogP contribution in [0.4, 0.5) is 0 Å². The van der Waals surface area contributed by atoms with Gasteiger partial charge in [-0.2, -0.15) is 0 Å². The third-order valence-electron chi connectivity index (χ3n) is 4.50. The second-order valence-electron chi connectivity index (χ2n) is 5.72. The maximum absolute atomic E-state index is 12.3. The molecule has 1 amide bonds. The van der Waals surface area contributed by atoms with E-state index in [0.29, 0.717) is 11.6 Å². The molecule has 2 bridgehead atoms. The molecule has 6 heteroatoms. The van der Waals surface area contributed by atoms with Gasteiger partial charge in [-0.25, -0.2) is 9.97 Å². The van der Waals surface area contributed by atoms with Gasteiger partial charge < -0.3 is 14.6 Å². The van der Waals surface area contributed by atoms with Gasteiger partial charge in [0.25, 0.3) is 5.91 Å². The Hall–Kier alpha value is -1.95. The molecule has 0 spiro atoms. The van der Waals surface area contributed by atoms with E-state index < -0.39 is 0 Å². The Balaban J connectivity index is 1.52. The molecule has 20 heavy (non-hydrogen) atoms. The van der Waals surface area contributed by atoms with Crippen LogP contribution >= 0.6 is 0 Å². The Bertz CT molecular complexity index is 644. The Labute approximate surface area is 116 Å². The van der Waals surface area contributed by atoms with Gasteiger partial charge in [0.1, 0.15) is 5.69 Å². The summed E-state index contributed by atoms with van der Waals surface area (Å²) >= 11 is 0. The van der Waals surface area contributed by atoms with Crippen molar-refractivity contribution in [1.82, 2.24) is 24.6 Å². The molecule has 5 rings (SSSR count). The Morgan fingerprint density at radius 1 is 1.30 bits per heavy atom. The summed E-state index contributed by atoms with van der Waals surface area (Å²) in [5, 5.41) is 3.15. The number of hydrogen-bond donors (Lipinski definition) is 1. The highest BCUT2D eigenvalue weighted by Crippen LogP contribution is 2.27. The van der Waals surface area contributed by atoms with Crippen LogP contribution in [0.25, 0.3) is 5.52 Å². The van der Waals surface area contributed by atoms with Crippen LogP contribution in [-0.2, 0) is 0 Å². The highest BCUT2D eigenvalue weighted by atomic mass is 16.2. The average Bonchev–Trinajstić information content (AvgIpc) is 2.96. The number of nitrogens with zero attached hydrogens (tertiary/aromatic N) is 4. The summed E-state index contributed by atoms with van der Waals surface area (Å²) in [5.41, 5.74) is 1.34. The number of nitrogens with one attached hydrogen (secondary N) is 1. The van der Waals surface area contributed by atoms with Crippen molar-refractivity contribution in [2.24, 2.45) is 5.92 Å². The minimum Gasteiger partial charge on any atom is -0.346 e. The van der Waals surface area contributed by atoms with E-state index in [4.69, 9.17) is 0 Å². The van der Waals surface area contributed by atoms with Crippen LogP contribution in [0.1, 0.15) is 23.3 Å². The number of carbonyl (C=O) groups excluding carboxylic acids is 1. The van der Waals surface area contributed by atoms with E-state index >= 15 is 0 Å². The second-order valence-corrected chi connectivity index (χ2v) is 5.72. The summed E-state index contributed by atoms with van der Waals surface area (Å²) in [7, 11) is 0. The van der Waals surface area contributed by atoms with Crippen molar-refractivity contribution in [2.75, 3.05) is 19.6 Å². The zero-order chi connectivity index (χ0) is 13.5. The van der Waals surface area contributed by atoms with Crippen molar-refractivity contribution in [2.45, 2.75) is 18.9 Å². The fourth-order valence-electron chi connectivity index (χ4n) is 3.31. The Morgan fingerprint density at radius 2 is 2.15 bits per heavy atom. The van der Waals surface area contributed by atoms with Gasteiger partial charge in [-0.05, 0) is 31.8 Å². The molecule has 0 aromatic carbocycles. The van der Waals surface area contributed by atoms with Crippen LogP contribution in [0, 0.1) is 5.92 Å². The number of piperidine rings is 3. The minimum atomic E-state index is -0.0839. The SMILES string of the molecule is O=C(NC1CN2CCC1CC2)c1cn2cncc2cn1. The number of hydrogen-bond acceptors (Lipinski definition) is 4. The van der Waals surface area contributed by atoms with Crippen molar-refractivity contribution >= 4 is 11.4 Å². The van der Waals surface area contributed by atoms with Gasteiger partial charge in [-0.1, -0.05) is 0 Å². The maximum Gasteiger partial charge on any atom is 0.271 e. The molecule has 3 fully saturated rings. The minimum absolute atomic E-state index is 0.0839.